The molecule has 0 radical (unpaired) electrons. The molecular weight excluding hydrogens is 572 g/mol. The number of carbonyl (C=O) groups excluding carboxylic acids is 1. The van der Waals surface area contributed by atoms with Crippen LogP contribution in [0.25, 0.3) is 11.0 Å². The number of aromatic amines is 1. The van der Waals surface area contributed by atoms with Crippen LogP contribution in [0, 0.1) is 41.5 Å². The standard InChI is InChI=1S/C32H39ClN4O4S/c1-16-14-22(12-13-24(16)33)42(39,40)37-27-19(4)26(32(10,11)41-31(7,8)9)21(6)35-28(27)29(38)23-15-17(2)34-30-25(23)18(3)20(5)36-30/h12-15,37H,1-11H3,(H,34,36). The number of anilines is 1. The van der Waals surface area contributed by atoms with Crippen molar-refractivity contribution in [1.82, 2.24) is 15.0 Å². The second kappa shape index (κ2) is 10.8. The summed E-state index contributed by atoms with van der Waals surface area (Å²) in [5.74, 6) is -0.412. The molecule has 4 rings (SSSR count). The zero-order valence-electron chi connectivity index (χ0n) is 26.1. The van der Waals surface area contributed by atoms with Crippen molar-refractivity contribution in [1.29, 1.82) is 0 Å². The summed E-state index contributed by atoms with van der Waals surface area (Å²) < 4.78 is 36.7. The molecule has 4 aromatic rings. The zero-order valence-corrected chi connectivity index (χ0v) is 27.7. The van der Waals surface area contributed by atoms with E-state index >= 15 is 0 Å². The highest BCUT2D eigenvalue weighted by Crippen LogP contribution is 2.39. The summed E-state index contributed by atoms with van der Waals surface area (Å²) >= 11 is 6.18. The SMILES string of the molecule is Cc1cc(C(=O)c2nc(C)c(C(C)(C)OC(C)(C)C)c(C)c2NS(=O)(=O)c2ccc(Cl)c(C)c2)c2c(C)c(C)[nH]c2n1. The van der Waals surface area contributed by atoms with Gasteiger partial charge in [0.05, 0.1) is 21.8 Å². The summed E-state index contributed by atoms with van der Waals surface area (Å²) in [7, 11) is -4.14. The molecule has 1 aromatic carbocycles. The molecule has 0 saturated carbocycles. The predicted octanol–water partition coefficient (Wildman–Crippen LogP) is 7.54. The first-order chi connectivity index (χ1) is 19.2. The molecule has 3 aromatic heterocycles. The van der Waals surface area contributed by atoms with E-state index in [2.05, 4.69) is 14.7 Å². The van der Waals surface area contributed by atoms with Gasteiger partial charge in [-0.15, -0.1) is 0 Å². The van der Waals surface area contributed by atoms with E-state index in [0.29, 0.717) is 49.7 Å². The maximum Gasteiger partial charge on any atom is 0.261 e. The first-order valence-corrected chi connectivity index (χ1v) is 15.6. The topological polar surface area (TPSA) is 114 Å². The van der Waals surface area contributed by atoms with Gasteiger partial charge in [0.15, 0.2) is 0 Å². The lowest BCUT2D eigenvalue weighted by Gasteiger charge is -2.36. The molecule has 0 bridgehead atoms. The molecule has 0 aliphatic heterocycles. The number of ether oxygens (including phenoxy) is 1. The summed E-state index contributed by atoms with van der Waals surface area (Å²) in [5, 5.41) is 1.14. The normalized spacial score (nSPS) is 12.7. The number of aryl methyl sites for hydroxylation is 5. The van der Waals surface area contributed by atoms with E-state index in [1.807, 2.05) is 62.3 Å². The number of halogens is 1. The Labute approximate surface area is 253 Å². The van der Waals surface area contributed by atoms with Gasteiger partial charge in [-0.25, -0.2) is 18.4 Å². The highest BCUT2D eigenvalue weighted by Gasteiger charge is 2.35. The molecule has 0 unspecified atom stereocenters. The van der Waals surface area contributed by atoms with Gasteiger partial charge in [0, 0.05) is 38.6 Å². The maximum atomic E-state index is 14.4. The van der Waals surface area contributed by atoms with Gasteiger partial charge < -0.3 is 9.72 Å². The van der Waals surface area contributed by atoms with Crippen LogP contribution in [0.2, 0.25) is 5.02 Å². The minimum Gasteiger partial charge on any atom is -0.365 e. The number of rotatable bonds is 7. The number of hydrogen-bond donors (Lipinski definition) is 2. The number of nitrogens with one attached hydrogen (secondary N) is 2. The van der Waals surface area contributed by atoms with Crippen LogP contribution in [0.5, 0.6) is 0 Å². The van der Waals surface area contributed by atoms with Gasteiger partial charge in [-0.2, -0.15) is 0 Å². The van der Waals surface area contributed by atoms with Crippen molar-refractivity contribution in [3.8, 4) is 0 Å². The van der Waals surface area contributed by atoms with Crippen molar-refractivity contribution in [2.75, 3.05) is 4.72 Å². The van der Waals surface area contributed by atoms with E-state index in [0.717, 1.165) is 11.3 Å². The van der Waals surface area contributed by atoms with Crippen LogP contribution in [0.1, 0.15) is 90.0 Å². The number of carbonyl (C=O) groups is 1. The molecule has 8 nitrogen and oxygen atoms in total. The molecule has 0 saturated heterocycles. The largest absolute Gasteiger partial charge is 0.365 e. The molecule has 2 N–H and O–H groups in total. The number of sulfonamides is 1. The van der Waals surface area contributed by atoms with Crippen LogP contribution in [0.15, 0.2) is 29.2 Å². The monoisotopic (exact) mass is 610 g/mol. The molecule has 0 aliphatic rings. The summed E-state index contributed by atoms with van der Waals surface area (Å²) in [4.78, 5) is 27.1. The van der Waals surface area contributed by atoms with Crippen LogP contribution in [0.3, 0.4) is 0 Å². The highest BCUT2D eigenvalue weighted by molar-refractivity contribution is 7.92. The number of nitrogens with zero attached hydrogens (tertiary/aromatic N) is 2. The summed E-state index contributed by atoms with van der Waals surface area (Å²) in [6.45, 7) is 20.7. The quantitative estimate of drug-likeness (QED) is 0.209. The summed E-state index contributed by atoms with van der Waals surface area (Å²) in [6, 6.07) is 6.19. The van der Waals surface area contributed by atoms with Crippen LogP contribution in [-0.2, 0) is 20.4 Å². The number of hydrogen-bond acceptors (Lipinski definition) is 6. The third-order valence-corrected chi connectivity index (χ3v) is 9.09. The Morgan fingerprint density at radius 2 is 1.60 bits per heavy atom. The molecule has 0 fully saturated rings. The smallest absolute Gasteiger partial charge is 0.261 e. The fraction of sp³-hybridized carbons (Fsp3) is 0.406. The van der Waals surface area contributed by atoms with E-state index in [1.165, 1.54) is 18.2 Å². The Bertz CT molecular complexity index is 1850. The average molecular weight is 611 g/mol. The maximum absolute atomic E-state index is 14.4. The van der Waals surface area contributed by atoms with Crippen molar-refractivity contribution < 1.29 is 17.9 Å². The number of aromatic nitrogens is 3. The molecule has 0 aliphatic carbocycles. The van der Waals surface area contributed by atoms with Crippen molar-refractivity contribution >= 4 is 44.1 Å². The Morgan fingerprint density at radius 3 is 2.19 bits per heavy atom. The van der Waals surface area contributed by atoms with Gasteiger partial charge in [0.25, 0.3) is 10.0 Å². The van der Waals surface area contributed by atoms with Crippen molar-refractivity contribution in [3.05, 3.63) is 79.9 Å². The Hall–Kier alpha value is -3.27. The van der Waals surface area contributed by atoms with E-state index < -0.39 is 27.0 Å². The lowest BCUT2D eigenvalue weighted by atomic mass is 9.88. The fourth-order valence-electron chi connectivity index (χ4n) is 5.73. The van der Waals surface area contributed by atoms with Gasteiger partial charge in [0.1, 0.15) is 11.3 Å². The number of pyridine rings is 2. The Kier molecular flexibility index (Phi) is 8.12. The van der Waals surface area contributed by atoms with Gasteiger partial charge in [0.2, 0.25) is 5.78 Å². The van der Waals surface area contributed by atoms with Gasteiger partial charge in [-0.05, 0) is 117 Å². The molecule has 0 atom stereocenters. The molecule has 224 valence electrons. The number of benzene rings is 1. The predicted molar refractivity (Wildman–Crippen MR) is 168 cm³/mol. The Morgan fingerprint density at radius 1 is 0.952 bits per heavy atom. The molecule has 3 heterocycles. The number of H-pyrrole nitrogens is 1. The summed E-state index contributed by atoms with van der Waals surface area (Å²) in [5.41, 5.74) is 4.61. The third kappa shape index (κ3) is 5.96. The van der Waals surface area contributed by atoms with E-state index in [-0.39, 0.29) is 16.3 Å². The van der Waals surface area contributed by atoms with E-state index in [1.54, 1.807) is 19.9 Å². The van der Waals surface area contributed by atoms with Gasteiger partial charge >= 0.3 is 0 Å². The number of ketones is 1. The summed E-state index contributed by atoms with van der Waals surface area (Å²) in [6.07, 6.45) is 0. The lowest BCUT2D eigenvalue weighted by Crippen LogP contribution is -2.35. The first-order valence-electron chi connectivity index (χ1n) is 13.8. The third-order valence-electron chi connectivity index (χ3n) is 7.32. The fourth-order valence-corrected chi connectivity index (χ4v) is 7.07. The molecular formula is C32H39ClN4O4S. The van der Waals surface area contributed by atoms with E-state index in [4.69, 9.17) is 21.3 Å². The van der Waals surface area contributed by atoms with E-state index in [9.17, 15) is 13.2 Å². The van der Waals surface area contributed by atoms with Crippen LogP contribution in [-0.4, -0.2) is 34.8 Å². The highest BCUT2D eigenvalue weighted by atomic mass is 35.5. The second-order valence-electron chi connectivity index (χ2n) is 12.4. The lowest BCUT2D eigenvalue weighted by molar-refractivity contribution is -0.118. The number of fused-ring (bicyclic) bond motifs is 1. The second-order valence-corrected chi connectivity index (χ2v) is 14.5. The van der Waals surface area contributed by atoms with Crippen LogP contribution < -0.4 is 4.72 Å². The molecule has 0 amide bonds. The minimum absolute atomic E-state index is 0.000257. The first kappa shape index (κ1) is 31.7. The minimum atomic E-state index is -4.14. The Balaban J connectivity index is 2.01. The van der Waals surface area contributed by atoms with Crippen LogP contribution >= 0.6 is 11.6 Å². The van der Waals surface area contributed by atoms with Crippen molar-refractivity contribution in [3.63, 3.8) is 0 Å². The van der Waals surface area contributed by atoms with Gasteiger partial charge in [-0.1, -0.05) is 11.6 Å². The molecule has 10 heteroatoms. The van der Waals surface area contributed by atoms with Crippen molar-refractivity contribution in [2.24, 2.45) is 0 Å². The zero-order chi connectivity index (χ0) is 31.5. The van der Waals surface area contributed by atoms with Crippen LogP contribution in [0.4, 0.5) is 5.69 Å². The molecule has 42 heavy (non-hydrogen) atoms. The van der Waals surface area contributed by atoms with Gasteiger partial charge in [-0.3, -0.25) is 9.52 Å². The molecule has 0 spiro atoms. The van der Waals surface area contributed by atoms with Crippen molar-refractivity contribution in [2.45, 2.75) is 92.3 Å². The average Bonchev–Trinajstić information content (AvgIpc) is 3.12.